The molecule has 4 aliphatic carbocycles. The van der Waals surface area contributed by atoms with Gasteiger partial charge in [0.1, 0.15) is 0 Å². The van der Waals surface area contributed by atoms with Gasteiger partial charge >= 0.3 is 5.97 Å². The van der Waals surface area contributed by atoms with Gasteiger partial charge < -0.3 is 4.74 Å². The van der Waals surface area contributed by atoms with Crippen molar-refractivity contribution in [3.63, 3.8) is 0 Å². The van der Waals surface area contributed by atoms with Gasteiger partial charge in [0, 0.05) is 0 Å². The van der Waals surface area contributed by atoms with Gasteiger partial charge in [-0.2, -0.15) is 0 Å². The van der Waals surface area contributed by atoms with Crippen molar-refractivity contribution >= 4 is 40.6 Å². The van der Waals surface area contributed by atoms with Crippen LogP contribution in [0.2, 0.25) is 0 Å². The van der Waals surface area contributed by atoms with Crippen molar-refractivity contribution in [1.29, 1.82) is 0 Å². The molecule has 2 saturated carbocycles. The van der Waals surface area contributed by atoms with Crippen LogP contribution in [0.1, 0.15) is 26.5 Å². The van der Waals surface area contributed by atoms with Crippen LogP contribution in [0, 0.1) is 35.5 Å². The second-order valence-electron chi connectivity index (χ2n) is 8.69. The number of anilines is 1. The van der Waals surface area contributed by atoms with Crippen LogP contribution in [-0.2, 0) is 14.3 Å². The van der Waals surface area contributed by atoms with Gasteiger partial charge in [-0.1, -0.05) is 18.2 Å². The number of ether oxygens (including phenoxy) is 1. The molecule has 7 heteroatoms. The predicted octanol–water partition coefficient (Wildman–Crippen LogP) is 3.35. The first-order valence-electron chi connectivity index (χ1n) is 10.4. The zero-order chi connectivity index (χ0) is 21.3. The fraction of sp³-hybridized carbons (Fsp3) is 0.333. The lowest BCUT2D eigenvalue weighted by Crippen LogP contribution is -2.40. The molecule has 1 aromatic heterocycles. The molecule has 7 rings (SSSR count). The van der Waals surface area contributed by atoms with Gasteiger partial charge in [-0.05, 0) is 65.8 Å². The molecule has 2 amide bonds. The lowest BCUT2D eigenvalue weighted by Gasteiger charge is -2.37. The second kappa shape index (κ2) is 6.72. The number of hydrogen-bond acceptors (Lipinski definition) is 6. The Morgan fingerprint density at radius 3 is 2.19 bits per heavy atom. The van der Waals surface area contributed by atoms with Gasteiger partial charge in [-0.3, -0.25) is 19.3 Å². The van der Waals surface area contributed by atoms with E-state index in [2.05, 4.69) is 12.2 Å². The summed E-state index contributed by atoms with van der Waals surface area (Å²) in [5.74, 6) is -0.160. The third-order valence-electron chi connectivity index (χ3n) is 7.15. The largest absolute Gasteiger partial charge is 0.454 e. The fourth-order valence-corrected chi connectivity index (χ4v) is 6.33. The predicted molar refractivity (Wildman–Crippen MR) is 113 cm³/mol. The average Bonchev–Trinajstić information content (AvgIpc) is 3.36. The highest BCUT2D eigenvalue weighted by atomic mass is 32.1. The molecule has 5 aliphatic rings. The number of thiophene rings is 1. The molecule has 6 nitrogen and oxygen atoms in total. The first-order valence-corrected chi connectivity index (χ1v) is 11.3. The number of Topliss-reactive ketones (excluding diaryl/α,β-unsaturated/α-hetero) is 1. The van der Waals surface area contributed by atoms with Crippen LogP contribution < -0.4 is 4.90 Å². The van der Waals surface area contributed by atoms with E-state index in [0.717, 1.165) is 6.42 Å². The SMILES string of the molecule is O=C(OCC(=O)c1cccs1)c1ccc(N2C(=O)[C@H]3[C@@H]4C=C[C@@H]([C@H]5C[C@H]45)[C@@H]3C2=O)cc1. The zero-order valence-electron chi connectivity index (χ0n) is 16.5. The molecular formula is C24H19NO5S. The number of ketones is 1. The summed E-state index contributed by atoms with van der Waals surface area (Å²) in [5, 5.41) is 1.79. The summed E-state index contributed by atoms with van der Waals surface area (Å²) in [7, 11) is 0. The topological polar surface area (TPSA) is 80.8 Å². The van der Waals surface area contributed by atoms with E-state index in [-0.39, 0.29) is 53.4 Å². The molecule has 31 heavy (non-hydrogen) atoms. The summed E-state index contributed by atoms with van der Waals surface area (Å²) in [6, 6.07) is 9.70. The van der Waals surface area contributed by atoms with Crippen molar-refractivity contribution < 1.29 is 23.9 Å². The van der Waals surface area contributed by atoms with Crippen molar-refractivity contribution in [3.8, 4) is 0 Å². The molecule has 0 spiro atoms. The normalized spacial score (nSPS) is 32.1. The van der Waals surface area contributed by atoms with Gasteiger partial charge in [0.25, 0.3) is 0 Å². The number of esters is 1. The van der Waals surface area contributed by atoms with Crippen LogP contribution in [0.25, 0.3) is 0 Å². The van der Waals surface area contributed by atoms with Crippen molar-refractivity contribution in [2.45, 2.75) is 6.42 Å². The van der Waals surface area contributed by atoms with E-state index in [1.165, 1.54) is 28.4 Å². The molecule has 0 radical (unpaired) electrons. The Kier molecular flexibility index (Phi) is 4.05. The number of carbonyl (C=O) groups excluding carboxylic acids is 4. The van der Waals surface area contributed by atoms with Gasteiger partial charge in [-0.15, -0.1) is 11.3 Å². The molecule has 1 aliphatic heterocycles. The number of benzene rings is 1. The minimum atomic E-state index is -0.619. The minimum Gasteiger partial charge on any atom is -0.454 e. The maximum atomic E-state index is 13.2. The standard InChI is InChI=1S/C24H19NO5S/c26-18(19-2-1-9-31-19)11-30-24(29)12-3-5-13(6-4-12)25-22(27)20-14-7-8-15(17-10-16(14)17)21(20)23(25)28/h1-9,14-17,20-21H,10-11H2/t14-,15+,16-,17-,20+,21+/m1/s1. The molecular weight excluding hydrogens is 414 g/mol. The molecule has 0 unspecified atom stereocenters. The van der Waals surface area contributed by atoms with E-state index in [0.29, 0.717) is 22.4 Å². The number of imide groups is 1. The summed E-state index contributed by atoms with van der Waals surface area (Å²) in [6.07, 6.45) is 5.41. The lowest BCUT2D eigenvalue weighted by atomic mass is 9.63. The molecule has 1 saturated heterocycles. The Labute approximate surface area is 182 Å². The van der Waals surface area contributed by atoms with Crippen LogP contribution in [0.5, 0.6) is 0 Å². The minimum absolute atomic E-state index is 0.128. The number of nitrogens with zero attached hydrogens (tertiary/aromatic N) is 1. The molecule has 2 heterocycles. The number of rotatable bonds is 5. The molecule has 0 N–H and O–H groups in total. The molecule has 2 bridgehead atoms. The van der Waals surface area contributed by atoms with Crippen LogP contribution in [-0.4, -0.2) is 30.2 Å². The van der Waals surface area contributed by atoms with E-state index >= 15 is 0 Å². The third-order valence-corrected chi connectivity index (χ3v) is 8.07. The highest BCUT2D eigenvalue weighted by molar-refractivity contribution is 7.12. The molecule has 3 fully saturated rings. The quantitative estimate of drug-likeness (QED) is 0.313. The van der Waals surface area contributed by atoms with Crippen LogP contribution in [0.15, 0.2) is 53.9 Å². The van der Waals surface area contributed by atoms with E-state index in [1.54, 1.807) is 29.6 Å². The van der Waals surface area contributed by atoms with Crippen molar-refractivity contribution in [2.75, 3.05) is 11.5 Å². The van der Waals surface area contributed by atoms with E-state index in [9.17, 15) is 19.2 Å². The smallest absolute Gasteiger partial charge is 0.338 e. The third kappa shape index (κ3) is 2.76. The molecule has 1 aromatic carbocycles. The Balaban J connectivity index is 1.16. The van der Waals surface area contributed by atoms with Gasteiger partial charge in [0.15, 0.2) is 6.61 Å². The summed E-state index contributed by atoms with van der Waals surface area (Å²) in [6.45, 7) is -0.328. The fourth-order valence-electron chi connectivity index (χ4n) is 5.68. The lowest BCUT2D eigenvalue weighted by molar-refractivity contribution is -0.124. The van der Waals surface area contributed by atoms with Crippen molar-refractivity contribution in [1.82, 2.24) is 0 Å². The number of hydrogen-bond donors (Lipinski definition) is 0. The van der Waals surface area contributed by atoms with Gasteiger partial charge in [0.05, 0.1) is 28.0 Å². The Morgan fingerprint density at radius 1 is 0.968 bits per heavy atom. The van der Waals surface area contributed by atoms with Crippen molar-refractivity contribution in [2.24, 2.45) is 35.5 Å². The maximum absolute atomic E-state index is 13.2. The molecule has 2 aromatic rings. The second-order valence-corrected chi connectivity index (χ2v) is 9.64. The summed E-state index contributed by atoms with van der Waals surface area (Å²) in [5.41, 5.74) is 0.742. The Morgan fingerprint density at radius 2 is 1.61 bits per heavy atom. The van der Waals surface area contributed by atoms with Crippen LogP contribution in [0.3, 0.4) is 0 Å². The van der Waals surface area contributed by atoms with Crippen molar-refractivity contribution in [3.05, 3.63) is 64.4 Å². The molecule has 156 valence electrons. The number of allylic oxidation sites excluding steroid dienone is 2. The number of carbonyl (C=O) groups is 4. The first-order chi connectivity index (χ1) is 15.0. The van der Waals surface area contributed by atoms with Crippen LogP contribution in [0.4, 0.5) is 5.69 Å². The Hall–Kier alpha value is -3.06. The van der Waals surface area contributed by atoms with Crippen LogP contribution >= 0.6 is 11.3 Å². The van der Waals surface area contributed by atoms with E-state index in [1.807, 2.05) is 0 Å². The molecule has 6 atom stereocenters. The highest BCUT2D eigenvalue weighted by Crippen LogP contribution is 2.65. The monoisotopic (exact) mass is 433 g/mol. The maximum Gasteiger partial charge on any atom is 0.338 e. The van der Waals surface area contributed by atoms with Gasteiger partial charge in [-0.25, -0.2) is 4.79 Å². The van der Waals surface area contributed by atoms with E-state index in [4.69, 9.17) is 4.74 Å². The first kappa shape index (κ1) is 18.7. The van der Waals surface area contributed by atoms with E-state index < -0.39 is 5.97 Å². The zero-order valence-corrected chi connectivity index (χ0v) is 17.3. The van der Waals surface area contributed by atoms with Gasteiger partial charge in [0.2, 0.25) is 17.6 Å². The summed E-state index contributed by atoms with van der Waals surface area (Å²) >= 11 is 1.30. The highest BCUT2D eigenvalue weighted by Gasteiger charge is 2.67. The Bertz CT molecular complexity index is 1100. The number of amides is 2. The summed E-state index contributed by atoms with van der Waals surface area (Å²) in [4.78, 5) is 52.4. The average molecular weight is 433 g/mol. The summed E-state index contributed by atoms with van der Waals surface area (Å²) < 4.78 is 5.11.